The van der Waals surface area contributed by atoms with Crippen LogP contribution in [0.3, 0.4) is 0 Å². The predicted octanol–water partition coefficient (Wildman–Crippen LogP) is 3.70. The highest BCUT2D eigenvalue weighted by atomic mass is 19.4. The molecule has 9 nitrogen and oxygen atoms in total. The molecular weight excluding hydrogens is 515 g/mol. The van der Waals surface area contributed by atoms with Crippen molar-refractivity contribution in [2.24, 2.45) is 11.8 Å². The number of amides is 2. The number of hydrogen-bond donors (Lipinski definition) is 3. The fourth-order valence-electron chi connectivity index (χ4n) is 4.95. The third-order valence-corrected chi connectivity index (χ3v) is 7.33. The minimum atomic E-state index is -4.56. The van der Waals surface area contributed by atoms with Gasteiger partial charge in [-0.15, -0.1) is 0 Å². The molecule has 1 aliphatic carbocycles. The lowest BCUT2D eigenvalue weighted by atomic mass is 10.0. The normalized spacial score (nSPS) is 20.3. The first-order valence-corrected chi connectivity index (χ1v) is 12.9. The predicted molar refractivity (Wildman–Crippen MR) is 136 cm³/mol. The molecular formula is C27H30F3N5O4. The second kappa shape index (κ2) is 10.1. The molecule has 2 fully saturated rings. The molecule has 5 rings (SSSR count). The lowest BCUT2D eigenvalue weighted by molar-refractivity contribution is -0.138. The second-order valence-electron chi connectivity index (χ2n) is 10.5. The fourth-order valence-corrected chi connectivity index (χ4v) is 4.95. The average molecular weight is 546 g/mol. The third-order valence-electron chi connectivity index (χ3n) is 7.33. The molecule has 3 aromatic rings. The number of aromatic nitrogens is 3. The summed E-state index contributed by atoms with van der Waals surface area (Å²) >= 11 is 0. The number of aliphatic hydroxyl groups excluding tert-OH is 1. The van der Waals surface area contributed by atoms with Crippen molar-refractivity contribution >= 4 is 22.8 Å². The summed E-state index contributed by atoms with van der Waals surface area (Å²) in [5.74, 6) is -0.223. The Morgan fingerprint density at radius 2 is 2.00 bits per heavy atom. The number of nitrogens with one attached hydrogen (secondary N) is 2. The maximum absolute atomic E-state index is 13.6. The Hall–Kier alpha value is -3.67. The molecule has 1 aliphatic heterocycles. The fraction of sp³-hybridized carbons (Fsp3) is 0.481. The molecule has 3 atom stereocenters. The van der Waals surface area contributed by atoms with Gasteiger partial charge < -0.3 is 25.0 Å². The zero-order valence-corrected chi connectivity index (χ0v) is 21.8. The number of aryl methyl sites for hydroxylation is 1. The first kappa shape index (κ1) is 26.9. The number of carbonyl (C=O) groups is 2. The van der Waals surface area contributed by atoms with Crippen LogP contribution in [0.5, 0.6) is 5.75 Å². The summed E-state index contributed by atoms with van der Waals surface area (Å²) < 4.78 is 46.7. The lowest BCUT2D eigenvalue weighted by Gasteiger charge is -2.18. The number of aliphatic hydroxyl groups is 1. The molecule has 3 N–H and O–H groups in total. The van der Waals surface area contributed by atoms with Crippen LogP contribution in [0.15, 0.2) is 24.5 Å². The summed E-state index contributed by atoms with van der Waals surface area (Å²) in [5, 5.41) is 12.6. The molecule has 0 unspecified atom stereocenters. The number of fused-ring (bicyclic) bond motifs is 1. The molecule has 2 amide bonds. The Balaban J connectivity index is 1.49. The molecule has 208 valence electrons. The summed E-state index contributed by atoms with van der Waals surface area (Å²) in [6, 6.07) is 2.95. The van der Waals surface area contributed by atoms with Gasteiger partial charge in [-0.1, -0.05) is 6.92 Å². The van der Waals surface area contributed by atoms with E-state index < -0.39 is 29.7 Å². The van der Waals surface area contributed by atoms with Crippen LogP contribution in [0, 0.1) is 18.8 Å². The summed E-state index contributed by atoms with van der Waals surface area (Å²) in [5.41, 5.74) is 0.817. The SMILES string of the molecule is Cc1[nH]c2c(-c3cc(C(F)(F)F)ccc3OCC3CC3)ncnc2c1C(=O)N[C@@H]1CN(C(=O)[C@H](C)O)C[C@H]1C. The maximum Gasteiger partial charge on any atom is 0.416 e. The molecule has 1 saturated carbocycles. The van der Waals surface area contributed by atoms with Crippen molar-refractivity contribution in [3.05, 3.63) is 41.3 Å². The van der Waals surface area contributed by atoms with Gasteiger partial charge in [0.2, 0.25) is 0 Å². The molecule has 0 bridgehead atoms. The van der Waals surface area contributed by atoms with Crippen molar-refractivity contribution in [1.82, 2.24) is 25.2 Å². The van der Waals surface area contributed by atoms with E-state index in [-0.39, 0.29) is 46.6 Å². The zero-order chi connectivity index (χ0) is 28.1. The van der Waals surface area contributed by atoms with E-state index in [0.29, 0.717) is 30.3 Å². The van der Waals surface area contributed by atoms with E-state index in [2.05, 4.69) is 20.3 Å². The smallest absolute Gasteiger partial charge is 0.416 e. The highest BCUT2D eigenvalue weighted by Crippen LogP contribution is 2.40. The van der Waals surface area contributed by atoms with E-state index in [1.54, 1.807) is 6.92 Å². The van der Waals surface area contributed by atoms with Gasteiger partial charge in [0.05, 0.1) is 29.3 Å². The summed E-state index contributed by atoms with van der Waals surface area (Å²) in [4.78, 5) is 38.8. The summed E-state index contributed by atoms with van der Waals surface area (Å²) in [7, 11) is 0. The number of ether oxygens (including phenoxy) is 1. The standard InChI is InChI=1S/C27H30F3N5O4/c1-13-9-35(26(38)15(3)36)10-19(13)34-25(37)21-14(2)33-24-22(31-12-32-23(21)24)18-8-17(27(28,29)30)6-7-20(18)39-11-16-4-5-16/h6-8,12-13,15-16,19,33,36H,4-5,9-11H2,1-3H3,(H,34,37)/t13-,15+,19-/m1/s1. The maximum atomic E-state index is 13.6. The Kier molecular flexibility index (Phi) is 7.00. The molecule has 2 aliphatic rings. The molecule has 0 spiro atoms. The van der Waals surface area contributed by atoms with Gasteiger partial charge in [0.25, 0.3) is 11.8 Å². The van der Waals surface area contributed by atoms with E-state index in [0.717, 1.165) is 25.0 Å². The van der Waals surface area contributed by atoms with Crippen molar-refractivity contribution in [2.45, 2.75) is 51.9 Å². The average Bonchev–Trinajstić information content (AvgIpc) is 3.55. The monoisotopic (exact) mass is 545 g/mol. The van der Waals surface area contributed by atoms with Gasteiger partial charge in [0.1, 0.15) is 29.4 Å². The second-order valence-corrected chi connectivity index (χ2v) is 10.5. The largest absolute Gasteiger partial charge is 0.493 e. The van der Waals surface area contributed by atoms with Crippen LogP contribution >= 0.6 is 0 Å². The quantitative estimate of drug-likeness (QED) is 0.417. The Labute approximate surface area is 222 Å². The first-order valence-electron chi connectivity index (χ1n) is 12.9. The van der Waals surface area contributed by atoms with Crippen LogP contribution < -0.4 is 10.1 Å². The van der Waals surface area contributed by atoms with Gasteiger partial charge in [-0.25, -0.2) is 9.97 Å². The van der Waals surface area contributed by atoms with Crippen LogP contribution in [-0.4, -0.2) is 68.6 Å². The van der Waals surface area contributed by atoms with Crippen LogP contribution in [0.2, 0.25) is 0 Å². The molecule has 3 heterocycles. The van der Waals surface area contributed by atoms with Crippen molar-refractivity contribution in [3.63, 3.8) is 0 Å². The number of likely N-dealkylation sites (tertiary alicyclic amines) is 1. The third kappa shape index (κ3) is 5.42. The molecule has 2 aromatic heterocycles. The number of alkyl halides is 3. The van der Waals surface area contributed by atoms with Crippen molar-refractivity contribution in [2.75, 3.05) is 19.7 Å². The Morgan fingerprint density at radius 3 is 2.67 bits per heavy atom. The Bertz CT molecular complexity index is 1420. The van der Waals surface area contributed by atoms with E-state index in [1.807, 2.05) is 6.92 Å². The number of halogens is 3. The highest BCUT2D eigenvalue weighted by Gasteiger charge is 2.36. The molecule has 1 saturated heterocycles. The molecule has 1 aromatic carbocycles. The van der Waals surface area contributed by atoms with Gasteiger partial charge >= 0.3 is 6.18 Å². The number of nitrogens with zero attached hydrogens (tertiary/aromatic N) is 3. The number of aromatic amines is 1. The number of hydrogen-bond acceptors (Lipinski definition) is 6. The van der Waals surface area contributed by atoms with Crippen molar-refractivity contribution in [3.8, 4) is 17.0 Å². The highest BCUT2D eigenvalue weighted by molar-refractivity contribution is 6.09. The summed E-state index contributed by atoms with van der Waals surface area (Å²) in [6.45, 7) is 6.03. The minimum Gasteiger partial charge on any atom is -0.493 e. The topological polar surface area (TPSA) is 120 Å². The van der Waals surface area contributed by atoms with Crippen LogP contribution in [-0.2, 0) is 11.0 Å². The van der Waals surface area contributed by atoms with Crippen LogP contribution in [0.4, 0.5) is 13.2 Å². The van der Waals surface area contributed by atoms with Crippen molar-refractivity contribution < 1.29 is 32.6 Å². The number of H-pyrrole nitrogens is 1. The van der Waals surface area contributed by atoms with Crippen LogP contribution in [0.1, 0.15) is 48.3 Å². The lowest BCUT2D eigenvalue weighted by Crippen LogP contribution is -2.42. The van der Waals surface area contributed by atoms with Gasteiger partial charge in [0.15, 0.2) is 0 Å². The number of benzene rings is 1. The number of rotatable bonds is 7. The molecule has 12 heteroatoms. The van der Waals surface area contributed by atoms with Gasteiger partial charge in [-0.3, -0.25) is 9.59 Å². The van der Waals surface area contributed by atoms with E-state index >= 15 is 0 Å². The molecule has 0 radical (unpaired) electrons. The number of carbonyl (C=O) groups excluding carboxylic acids is 2. The first-order chi connectivity index (χ1) is 18.4. The van der Waals surface area contributed by atoms with E-state index in [9.17, 15) is 27.9 Å². The molecule has 39 heavy (non-hydrogen) atoms. The van der Waals surface area contributed by atoms with Gasteiger partial charge in [0, 0.05) is 24.3 Å². The summed E-state index contributed by atoms with van der Waals surface area (Å²) in [6.07, 6.45) is -2.44. The minimum absolute atomic E-state index is 0.0522. The van der Waals surface area contributed by atoms with E-state index in [1.165, 1.54) is 24.2 Å². The van der Waals surface area contributed by atoms with Crippen molar-refractivity contribution in [1.29, 1.82) is 0 Å². The van der Waals surface area contributed by atoms with Crippen LogP contribution in [0.25, 0.3) is 22.3 Å². The zero-order valence-electron chi connectivity index (χ0n) is 21.8. The van der Waals surface area contributed by atoms with E-state index in [4.69, 9.17) is 4.74 Å². The van der Waals surface area contributed by atoms with Gasteiger partial charge in [-0.05, 0) is 56.7 Å². The van der Waals surface area contributed by atoms with Gasteiger partial charge in [-0.2, -0.15) is 13.2 Å². The Morgan fingerprint density at radius 1 is 1.26 bits per heavy atom.